The molecular weight excluding hydrogens is 1010 g/mol. The van der Waals surface area contributed by atoms with Crippen LogP contribution in [0.3, 0.4) is 0 Å². The van der Waals surface area contributed by atoms with E-state index in [-0.39, 0.29) is 78.4 Å². The predicted molar refractivity (Wildman–Crippen MR) is 296 cm³/mol. The molecule has 1 aromatic heterocycles. The van der Waals surface area contributed by atoms with Crippen molar-refractivity contribution >= 4 is 72.2 Å². The lowest BCUT2D eigenvalue weighted by atomic mass is 9.87. The number of carbonyl (C=O) groups excluding carboxylic acids is 6. The second kappa shape index (κ2) is 30.2. The Hall–Kier alpha value is -5.83. The molecule has 7 rings (SSSR count). The highest BCUT2D eigenvalue weighted by atomic mass is 35.5. The molecule has 2 aliphatic heterocycles. The maximum absolute atomic E-state index is 14.2. The third-order valence-electron chi connectivity index (χ3n) is 15.1. The van der Waals surface area contributed by atoms with Crippen molar-refractivity contribution in [3.8, 4) is 6.01 Å². The molecule has 8 atom stereocenters. The number of aromatic nitrogens is 3. The lowest BCUT2D eigenvalue weighted by Crippen LogP contribution is -2.55. The van der Waals surface area contributed by atoms with Gasteiger partial charge in [0.2, 0.25) is 47.3 Å². The summed E-state index contributed by atoms with van der Waals surface area (Å²) in [5.41, 5.74) is 4.77. The molecule has 4 aliphatic rings. The summed E-state index contributed by atoms with van der Waals surface area (Å²) in [6, 6.07) is 12.4. The van der Waals surface area contributed by atoms with Gasteiger partial charge in [-0.3, -0.25) is 28.8 Å². The SMILES string of the molecule is CN[C@@H](C)C(=O)N[C@@H](CCCCNc1nc(NCCCC[C@H](NC(=O)[C@H](C)NC)C(=O)N2CCC[C@H]2C(=O)N[C@@H]2CCCc3ccccc32)nc(OC)n1)C(=O)N1CCC[C@H]1C(=O)N[C@@H]1CCCc2ccccc21.Cl.Cl. The third-order valence-corrected chi connectivity index (χ3v) is 15.1. The predicted octanol–water partition coefficient (Wildman–Crippen LogP) is 4.44. The number of aryl methyl sites for hydroxylation is 2. The Kier molecular flexibility index (Phi) is 24.3. The van der Waals surface area contributed by atoms with Gasteiger partial charge >= 0.3 is 6.01 Å². The molecule has 2 saturated heterocycles. The van der Waals surface area contributed by atoms with Crippen LogP contribution in [0.15, 0.2) is 48.5 Å². The van der Waals surface area contributed by atoms with Crippen LogP contribution in [-0.4, -0.2) is 144 Å². The van der Waals surface area contributed by atoms with Gasteiger partial charge in [-0.25, -0.2) is 0 Å². The molecule has 20 nitrogen and oxygen atoms in total. The quantitative estimate of drug-likeness (QED) is 0.0547. The van der Waals surface area contributed by atoms with Crippen LogP contribution < -0.4 is 47.3 Å². The normalized spacial score (nSPS) is 20.2. The van der Waals surface area contributed by atoms with Gasteiger partial charge in [0.1, 0.15) is 24.2 Å². The average Bonchev–Trinajstić information content (AvgIpc) is 4.14. The fraction of sp³-hybridized carbons (Fsp3) is 0.611. The van der Waals surface area contributed by atoms with E-state index in [9.17, 15) is 28.8 Å². The van der Waals surface area contributed by atoms with Crippen molar-refractivity contribution in [2.45, 2.75) is 165 Å². The van der Waals surface area contributed by atoms with Crippen LogP contribution in [0.4, 0.5) is 11.9 Å². The molecule has 3 aromatic rings. The molecule has 0 unspecified atom stereocenters. The van der Waals surface area contributed by atoms with E-state index < -0.39 is 36.3 Å². The van der Waals surface area contributed by atoms with E-state index in [1.165, 1.54) is 18.2 Å². The van der Waals surface area contributed by atoms with Gasteiger partial charge in [0, 0.05) is 26.2 Å². The first kappa shape index (κ1) is 61.0. The summed E-state index contributed by atoms with van der Waals surface area (Å²) in [6.07, 6.45) is 11.3. The number of hydrogen-bond donors (Lipinski definition) is 8. The Morgan fingerprint density at radius 3 is 1.42 bits per heavy atom. The number of halogens is 2. The van der Waals surface area contributed by atoms with Crippen LogP contribution in [0.25, 0.3) is 0 Å². The van der Waals surface area contributed by atoms with E-state index in [2.05, 4.69) is 81.8 Å². The monoisotopic (exact) mass is 1090 g/mol. The summed E-state index contributed by atoms with van der Waals surface area (Å²) in [5.74, 6) is -0.841. The van der Waals surface area contributed by atoms with E-state index in [4.69, 9.17) is 4.74 Å². The van der Waals surface area contributed by atoms with Crippen LogP contribution in [-0.2, 0) is 41.6 Å². The second-order valence-electron chi connectivity index (χ2n) is 20.1. The standard InChI is InChI=1S/C54H79N13O7.2ClH/c1-34(55-3)46(68)61-42(50(72)66-32-16-28-44(66)48(70)59-40-26-14-20-36-18-6-8-22-38(36)40)24-10-12-30-57-52-63-53(65-54(64-52)74-5)58-31-13-11-25-43(62-47(69)35(2)56-4)51(73)67-33-17-29-45(67)49(71)60-41-27-15-21-37-19-7-9-23-39(37)41;;/h6-9,18-19,22-23,34-35,40-45,55-56H,10-17,20-21,24-33H2,1-5H3,(H,59,70)(H,60,71)(H,61,68)(H,62,69)(H2,57,58,63,64,65);2*1H/t34-,35-,40+,41+,42-,43-,44-,45-;;/m0../s1. The lowest BCUT2D eigenvalue weighted by molar-refractivity contribution is -0.142. The van der Waals surface area contributed by atoms with Gasteiger partial charge in [0.15, 0.2) is 0 Å². The van der Waals surface area contributed by atoms with Crippen molar-refractivity contribution in [2.24, 2.45) is 0 Å². The number of carbonyl (C=O) groups is 6. The van der Waals surface area contributed by atoms with Crippen molar-refractivity contribution < 1.29 is 33.5 Å². The number of nitrogens with zero attached hydrogens (tertiary/aromatic N) is 5. The van der Waals surface area contributed by atoms with Gasteiger partial charge in [-0.05, 0) is 153 Å². The van der Waals surface area contributed by atoms with Crippen molar-refractivity contribution in [1.29, 1.82) is 0 Å². The van der Waals surface area contributed by atoms with Gasteiger partial charge in [0.05, 0.1) is 31.3 Å². The molecule has 0 radical (unpaired) electrons. The zero-order chi connectivity index (χ0) is 52.6. The van der Waals surface area contributed by atoms with E-state index in [1.54, 1.807) is 37.7 Å². The minimum atomic E-state index is -0.814. The van der Waals surface area contributed by atoms with Crippen molar-refractivity contribution in [3.63, 3.8) is 0 Å². The second-order valence-corrected chi connectivity index (χ2v) is 20.1. The maximum Gasteiger partial charge on any atom is 0.322 e. The Morgan fingerprint density at radius 1 is 0.592 bits per heavy atom. The number of likely N-dealkylation sites (N-methyl/N-ethyl adjacent to an activating group) is 2. The highest BCUT2D eigenvalue weighted by molar-refractivity contribution is 5.94. The van der Waals surface area contributed by atoms with Crippen molar-refractivity contribution in [2.75, 3.05) is 58.0 Å². The number of likely N-dealkylation sites (tertiary alicyclic amines) is 2. The molecule has 2 aromatic carbocycles. The number of rotatable bonds is 25. The van der Waals surface area contributed by atoms with E-state index in [1.807, 2.05) is 24.3 Å². The molecule has 6 amide bonds. The number of amides is 6. The molecule has 22 heteroatoms. The van der Waals surface area contributed by atoms with Gasteiger partial charge in [-0.1, -0.05) is 48.5 Å². The van der Waals surface area contributed by atoms with E-state index in [0.717, 1.165) is 49.7 Å². The molecule has 76 heavy (non-hydrogen) atoms. The topological polar surface area (TPSA) is 253 Å². The Labute approximate surface area is 460 Å². The fourth-order valence-corrected chi connectivity index (χ4v) is 10.7. The van der Waals surface area contributed by atoms with Crippen LogP contribution in [0.5, 0.6) is 6.01 Å². The zero-order valence-electron chi connectivity index (χ0n) is 44.8. The Balaban J connectivity index is 0.00000533. The molecule has 0 saturated carbocycles. The molecular formula is C54H81Cl2N13O7. The number of benzene rings is 2. The minimum absolute atomic E-state index is 0. The summed E-state index contributed by atoms with van der Waals surface area (Å²) in [4.78, 5) is 98.9. The van der Waals surface area contributed by atoms with Gasteiger partial charge in [0.25, 0.3) is 0 Å². The molecule has 0 spiro atoms. The first-order valence-corrected chi connectivity index (χ1v) is 27.0. The number of fused-ring (bicyclic) bond motifs is 2. The summed E-state index contributed by atoms with van der Waals surface area (Å²) in [5, 5.41) is 24.8. The van der Waals surface area contributed by atoms with Crippen LogP contribution in [0, 0.1) is 0 Å². The first-order chi connectivity index (χ1) is 35.9. The number of anilines is 2. The van der Waals surface area contributed by atoms with Crippen LogP contribution in [0.1, 0.15) is 138 Å². The summed E-state index contributed by atoms with van der Waals surface area (Å²) in [7, 11) is 4.85. The highest BCUT2D eigenvalue weighted by Crippen LogP contribution is 2.32. The minimum Gasteiger partial charge on any atom is -0.467 e. The average molecular weight is 1100 g/mol. The maximum atomic E-state index is 14.2. The number of unbranched alkanes of at least 4 members (excludes halogenated alkanes) is 2. The Bertz CT molecular complexity index is 2260. The molecule has 418 valence electrons. The van der Waals surface area contributed by atoms with Crippen molar-refractivity contribution in [1.82, 2.24) is 56.7 Å². The molecule has 0 bridgehead atoms. The lowest BCUT2D eigenvalue weighted by Gasteiger charge is -2.32. The van der Waals surface area contributed by atoms with E-state index >= 15 is 0 Å². The zero-order valence-corrected chi connectivity index (χ0v) is 46.4. The van der Waals surface area contributed by atoms with E-state index in [0.29, 0.717) is 102 Å². The van der Waals surface area contributed by atoms with Crippen LogP contribution in [0.2, 0.25) is 0 Å². The molecule has 8 N–H and O–H groups in total. The number of nitrogens with one attached hydrogen (secondary N) is 8. The fourth-order valence-electron chi connectivity index (χ4n) is 10.7. The molecule has 2 fully saturated rings. The number of methoxy groups -OCH3 is 1. The smallest absolute Gasteiger partial charge is 0.322 e. The van der Waals surface area contributed by atoms with Gasteiger partial charge in [-0.2, -0.15) is 15.0 Å². The summed E-state index contributed by atoms with van der Waals surface area (Å²) in [6.45, 7) is 5.26. The molecule has 3 heterocycles. The van der Waals surface area contributed by atoms with Crippen molar-refractivity contribution in [3.05, 3.63) is 70.8 Å². The Morgan fingerprint density at radius 2 is 1.01 bits per heavy atom. The largest absolute Gasteiger partial charge is 0.467 e. The molecule has 2 aliphatic carbocycles. The highest BCUT2D eigenvalue weighted by Gasteiger charge is 2.40. The third kappa shape index (κ3) is 16.1. The summed E-state index contributed by atoms with van der Waals surface area (Å²) >= 11 is 0. The first-order valence-electron chi connectivity index (χ1n) is 27.0. The van der Waals surface area contributed by atoms with Gasteiger partial charge < -0.3 is 57.1 Å². The van der Waals surface area contributed by atoms with Crippen LogP contribution >= 0.6 is 24.8 Å². The number of ether oxygens (including phenoxy) is 1. The number of hydrogen-bond acceptors (Lipinski definition) is 14. The van der Waals surface area contributed by atoms with Gasteiger partial charge in [-0.15, -0.1) is 24.8 Å². The summed E-state index contributed by atoms with van der Waals surface area (Å²) < 4.78 is 5.39.